The number of carbonyl (C=O) groups excluding carboxylic acids is 1. The van der Waals surface area contributed by atoms with Crippen molar-refractivity contribution in [2.24, 2.45) is 0 Å². The number of amides is 1. The molecule has 4 aromatic rings. The van der Waals surface area contributed by atoms with Gasteiger partial charge in [-0.3, -0.25) is 9.59 Å². The van der Waals surface area contributed by atoms with Gasteiger partial charge in [0, 0.05) is 34.8 Å². The number of carbonyl (C=O) groups is 1. The average molecular weight is 414 g/mol. The van der Waals surface area contributed by atoms with Crippen LogP contribution in [0, 0.1) is 13.8 Å². The summed E-state index contributed by atoms with van der Waals surface area (Å²) in [7, 11) is 0. The number of aromatic nitrogens is 2. The summed E-state index contributed by atoms with van der Waals surface area (Å²) >= 11 is 0. The standard InChI is InChI=1S/C26H27N3O2/c1-4-5-12-27-25(30)19-10-11-22-21(15-19)23(18-9-8-16(2)17(3)14-18)24(29-22)20-7-6-13-28-26(20)31/h6-11,13-15,29H,4-5,12H2,1-3H3,(H,27,30)(H,28,31). The predicted octanol–water partition coefficient (Wildman–Crippen LogP) is 5.34. The normalized spacial score (nSPS) is 11.1. The number of rotatable bonds is 6. The summed E-state index contributed by atoms with van der Waals surface area (Å²) in [6.07, 6.45) is 3.61. The average Bonchev–Trinajstić information content (AvgIpc) is 3.14. The fraction of sp³-hybridized carbons (Fsp3) is 0.231. The van der Waals surface area contributed by atoms with Crippen molar-refractivity contribution in [2.75, 3.05) is 6.54 Å². The minimum atomic E-state index is -0.156. The highest BCUT2D eigenvalue weighted by atomic mass is 16.1. The Balaban J connectivity index is 1.93. The zero-order valence-corrected chi connectivity index (χ0v) is 18.1. The van der Waals surface area contributed by atoms with Gasteiger partial charge in [-0.2, -0.15) is 0 Å². The van der Waals surface area contributed by atoms with Crippen molar-refractivity contribution in [1.29, 1.82) is 0 Å². The number of H-pyrrole nitrogens is 2. The molecule has 4 rings (SSSR count). The second kappa shape index (κ2) is 8.64. The molecule has 2 heterocycles. The van der Waals surface area contributed by atoms with Crippen LogP contribution in [0.1, 0.15) is 41.3 Å². The third-order valence-electron chi connectivity index (χ3n) is 5.76. The van der Waals surface area contributed by atoms with E-state index in [0.717, 1.165) is 40.6 Å². The highest BCUT2D eigenvalue weighted by Gasteiger charge is 2.19. The molecule has 0 atom stereocenters. The highest BCUT2D eigenvalue weighted by Crippen LogP contribution is 2.38. The lowest BCUT2D eigenvalue weighted by Crippen LogP contribution is -2.24. The van der Waals surface area contributed by atoms with Crippen LogP contribution in [0.4, 0.5) is 0 Å². The van der Waals surface area contributed by atoms with Crippen LogP contribution < -0.4 is 10.9 Å². The molecule has 0 radical (unpaired) electrons. The Morgan fingerprint density at radius 3 is 2.61 bits per heavy atom. The summed E-state index contributed by atoms with van der Waals surface area (Å²) < 4.78 is 0. The van der Waals surface area contributed by atoms with Gasteiger partial charge in [0.15, 0.2) is 0 Å². The fourth-order valence-electron chi connectivity index (χ4n) is 3.83. The first-order valence-electron chi connectivity index (χ1n) is 10.7. The van der Waals surface area contributed by atoms with E-state index in [4.69, 9.17) is 0 Å². The maximum Gasteiger partial charge on any atom is 0.257 e. The molecule has 2 aromatic carbocycles. The van der Waals surface area contributed by atoms with E-state index < -0.39 is 0 Å². The molecule has 0 bridgehead atoms. The minimum absolute atomic E-state index is 0.0818. The molecule has 0 saturated heterocycles. The maximum atomic E-state index is 12.7. The number of nitrogens with one attached hydrogen (secondary N) is 3. The molecule has 5 heteroatoms. The topological polar surface area (TPSA) is 77.8 Å². The molecule has 1 amide bonds. The van der Waals surface area contributed by atoms with Gasteiger partial charge in [0.05, 0.1) is 11.3 Å². The summed E-state index contributed by atoms with van der Waals surface area (Å²) in [4.78, 5) is 31.4. The van der Waals surface area contributed by atoms with Gasteiger partial charge >= 0.3 is 0 Å². The van der Waals surface area contributed by atoms with Crippen molar-refractivity contribution < 1.29 is 4.79 Å². The zero-order chi connectivity index (χ0) is 22.0. The van der Waals surface area contributed by atoms with Crippen molar-refractivity contribution in [3.05, 3.63) is 81.8 Å². The van der Waals surface area contributed by atoms with Gasteiger partial charge in [0.25, 0.3) is 11.5 Å². The Hall–Kier alpha value is -3.60. The first-order valence-corrected chi connectivity index (χ1v) is 10.7. The molecule has 0 aliphatic heterocycles. The van der Waals surface area contributed by atoms with Gasteiger partial charge in [0.2, 0.25) is 0 Å². The van der Waals surface area contributed by atoms with Crippen LogP contribution in [0.2, 0.25) is 0 Å². The number of aryl methyl sites for hydroxylation is 2. The summed E-state index contributed by atoms with van der Waals surface area (Å²) in [5, 5.41) is 3.90. The van der Waals surface area contributed by atoms with Gasteiger partial charge in [-0.1, -0.05) is 31.5 Å². The second-order valence-electron chi connectivity index (χ2n) is 7.96. The smallest absolute Gasteiger partial charge is 0.257 e. The summed E-state index contributed by atoms with van der Waals surface area (Å²) in [6, 6.07) is 15.6. The third kappa shape index (κ3) is 4.04. The molecule has 0 spiro atoms. The van der Waals surface area contributed by atoms with Gasteiger partial charge in [-0.15, -0.1) is 0 Å². The number of hydrogen-bond donors (Lipinski definition) is 3. The van der Waals surface area contributed by atoms with Crippen LogP contribution in [0.3, 0.4) is 0 Å². The Morgan fingerprint density at radius 1 is 1.03 bits per heavy atom. The number of benzene rings is 2. The molecule has 0 saturated carbocycles. The molecule has 0 aliphatic carbocycles. The van der Waals surface area contributed by atoms with Crippen LogP contribution in [-0.4, -0.2) is 22.4 Å². The first-order chi connectivity index (χ1) is 15.0. The number of unbranched alkanes of at least 4 members (excludes halogenated alkanes) is 1. The van der Waals surface area contributed by atoms with Crippen molar-refractivity contribution in [1.82, 2.24) is 15.3 Å². The van der Waals surface area contributed by atoms with E-state index in [2.05, 4.69) is 54.3 Å². The van der Waals surface area contributed by atoms with Crippen LogP contribution in [0.5, 0.6) is 0 Å². The van der Waals surface area contributed by atoms with Gasteiger partial charge in [-0.25, -0.2) is 0 Å². The van der Waals surface area contributed by atoms with E-state index in [-0.39, 0.29) is 11.5 Å². The Morgan fingerprint density at radius 2 is 1.87 bits per heavy atom. The number of pyridine rings is 1. The largest absolute Gasteiger partial charge is 0.354 e. The molecule has 5 nitrogen and oxygen atoms in total. The monoisotopic (exact) mass is 413 g/mol. The van der Waals surface area contributed by atoms with Crippen molar-refractivity contribution in [2.45, 2.75) is 33.6 Å². The lowest BCUT2D eigenvalue weighted by Gasteiger charge is -2.09. The SMILES string of the molecule is CCCCNC(=O)c1ccc2[nH]c(-c3ccc[nH]c3=O)c(-c3ccc(C)c(C)c3)c2c1. The van der Waals surface area contributed by atoms with E-state index >= 15 is 0 Å². The summed E-state index contributed by atoms with van der Waals surface area (Å²) in [5.74, 6) is -0.0818. The van der Waals surface area contributed by atoms with Crippen LogP contribution in [0.25, 0.3) is 33.3 Å². The van der Waals surface area contributed by atoms with E-state index in [0.29, 0.717) is 17.7 Å². The molecule has 3 N–H and O–H groups in total. The first kappa shape index (κ1) is 20.7. The zero-order valence-electron chi connectivity index (χ0n) is 18.1. The third-order valence-corrected chi connectivity index (χ3v) is 5.76. The molecule has 2 aromatic heterocycles. The second-order valence-corrected chi connectivity index (χ2v) is 7.96. The van der Waals surface area contributed by atoms with E-state index in [1.54, 1.807) is 6.20 Å². The van der Waals surface area contributed by atoms with Crippen molar-refractivity contribution >= 4 is 16.8 Å². The van der Waals surface area contributed by atoms with Crippen LogP contribution in [-0.2, 0) is 0 Å². The Kier molecular flexibility index (Phi) is 5.76. The molecule has 0 aliphatic rings. The number of hydrogen-bond acceptors (Lipinski definition) is 2. The van der Waals surface area contributed by atoms with E-state index in [9.17, 15) is 9.59 Å². The number of aromatic amines is 2. The summed E-state index contributed by atoms with van der Waals surface area (Å²) in [6.45, 7) is 6.92. The van der Waals surface area contributed by atoms with Gasteiger partial charge < -0.3 is 15.3 Å². The molecular weight excluding hydrogens is 386 g/mol. The summed E-state index contributed by atoms with van der Waals surface area (Å²) in [5.41, 5.74) is 6.99. The predicted molar refractivity (Wildman–Crippen MR) is 127 cm³/mol. The van der Waals surface area contributed by atoms with Gasteiger partial charge in [-0.05, 0) is 67.3 Å². The Bertz CT molecular complexity index is 1310. The van der Waals surface area contributed by atoms with Gasteiger partial charge in [0.1, 0.15) is 0 Å². The molecule has 0 unspecified atom stereocenters. The molecule has 158 valence electrons. The van der Waals surface area contributed by atoms with Crippen LogP contribution in [0.15, 0.2) is 59.5 Å². The molecule has 31 heavy (non-hydrogen) atoms. The maximum absolute atomic E-state index is 12.7. The quantitative estimate of drug-likeness (QED) is 0.373. The minimum Gasteiger partial charge on any atom is -0.354 e. The highest BCUT2D eigenvalue weighted by molar-refractivity contribution is 6.07. The van der Waals surface area contributed by atoms with Crippen molar-refractivity contribution in [3.63, 3.8) is 0 Å². The van der Waals surface area contributed by atoms with Crippen LogP contribution >= 0.6 is 0 Å². The molecule has 0 fully saturated rings. The van der Waals surface area contributed by atoms with Crippen molar-refractivity contribution in [3.8, 4) is 22.4 Å². The van der Waals surface area contributed by atoms with E-state index in [1.165, 1.54) is 11.1 Å². The lowest BCUT2D eigenvalue weighted by atomic mass is 9.95. The van der Waals surface area contributed by atoms with E-state index in [1.807, 2.05) is 30.3 Å². The fourth-order valence-corrected chi connectivity index (χ4v) is 3.83. The number of fused-ring (bicyclic) bond motifs is 1. The Labute approximate surface area is 181 Å². The molecular formula is C26H27N3O2. The lowest BCUT2D eigenvalue weighted by molar-refractivity contribution is 0.0953.